The van der Waals surface area contributed by atoms with Crippen molar-refractivity contribution in [1.82, 2.24) is 4.90 Å². The zero-order valence-corrected chi connectivity index (χ0v) is 12.0. The van der Waals surface area contributed by atoms with Crippen LogP contribution in [0.3, 0.4) is 0 Å². The molecule has 0 radical (unpaired) electrons. The standard InChI is InChI=1S/C13H16N2O3S/c1-4-18-12(17)9-11-15(5-6-19-11)10(16)8(7-14)13(9,2)3/h8H,4-6H2,1-3H3/t8-/m0/s1. The van der Waals surface area contributed by atoms with Gasteiger partial charge in [-0.1, -0.05) is 13.8 Å². The van der Waals surface area contributed by atoms with Crippen LogP contribution in [0.5, 0.6) is 0 Å². The van der Waals surface area contributed by atoms with Gasteiger partial charge in [0.1, 0.15) is 5.92 Å². The molecule has 1 atom stereocenters. The van der Waals surface area contributed by atoms with Crippen molar-refractivity contribution in [3.63, 3.8) is 0 Å². The van der Waals surface area contributed by atoms with E-state index in [9.17, 15) is 14.9 Å². The van der Waals surface area contributed by atoms with E-state index in [1.807, 2.05) is 6.07 Å². The molecule has 2 rings (SSSR count). The molecule has 102 valence electrons. The Morgan fingerprint density at radius 3 is 2.89 bits per heavy atom. The molecule has 0 bridgehead atoms. The molecule has 0 saturated carbocycles. The first-order valence-electron chi connectivity index (χ1n) is 6.20. The second-order valence-corrected chi connectivity index (χ2v) is 6.11. The lowest BCUT2D eigenvalue weighted by atomic mass is 9.71. The van der Waals surface area contributed by atoms with E-state index in [1.54, 1.807) is 25.7 Å². The predicted molar refractivity (Wildman–Crippen MR) is 70.7 cm³/mol. The van der Waals surface area contributed by atoms with Crippen molar-refractivity contribution >= 4 is 23.6 Å². The molecule has 19 heavy (non-hydrogen) atoms. The largest absolute Gasteiger partial charge is 0.463 e. The number of carbonyl (C=O) groups excluding carboxylic acids is 2. The molecule has 0 unspecified atom stereocenters. The van der Waals surface area contributed by atoms with Crippen LogP contribution in [-0.4, -0.2) is 35.7 Å². The number of carbonyl (C=O) groups is 2. The van der Waals surface area contributed by atoms with Crippen LogP contribution in [0.2, 0.25) is 0 Å². The first kappa shape index (κ1) is 13.9. The van der Waals surface area contributed by atoms with E-state index in [0.29, 0.717) is 17.1 Å². The molecular formula is C13H16N2O3S. The zero-order valence-electron chi connectivity index (χ0n) is 11.2. The van der Waals surface area contributed by atoms with Gasteiger partial charge in [-0.05, 0) is 6.92 Å². The Bertz CT molecular complexity index is 505. The maximum absolute atomic E-state index is 12.3. The molecule has 2 aliphatic heterocycles. The van der Waals surface area contributed by atoms with Crippen LogP contribution in [0.1, 0.15) is 20.8 Å². The molecule has 0 N–H and O–H groups in total. The SMILES string of the molecule is CCOC(=O)C1=C2SCCN2C(=O)[C@H](C#N)C1(C)C. The van der Waals surface area contributed by atoms with Gasteiger partial charge in [0.2, 0.25) is 5.91 Å². The van der Waals surface area contributed by atoms with Crippen LogP contribution < -0.4 is 0 Å². The Morgan fingerprint density at radius 1 is 1.63 bits per heavy atom. The molecule has 2 aliphatic rings. The number of nitriles is 1. The van der Waals surface area contributed by atoms with E-state index >= 15 is 0 Å². The van der Waals surface area contributed by atoms with Gasteiger partial charge < -0.3 is 9.64 Å². The van der Waals surface area contributed by atoms with Gasteiger partial charge in [-0.2, -0.15) is 5.26 Å². The summed E-state index contributed by atoms with van der Waals surface area (Å²) >= 11 is 1.48. The molecule has 0 aromatic heterocycles. The summed E-state index contributed by atoms with van der Waals surface area (Å²) in [5.74, 6) is -0.720. The van der Waals surface area contributed by atoms with E-state index in [-0.39, 0.29) is 12.5 Å². The zero-order chi connectivity index (χ0) is 14.2. The average molecular weight is 280 g/mol. The lowest BCUT2D eigenvalue weighted by Gasteiger charge is -2.39. The highest BCUT2D eigenvalue weighted by Crippen LogP contribution is 2.48. The molecule has 1 fully saturated rings. The van der Waals surface area contributed by atoms with Gasteiger partial charge in [0.15, 0.2) is 0 Å². The van der Waals surface area contributed by atoms with E-state index in [2.05, 4.69) is 0 Å². The number of rotatable bonds is 2. The van der Waals surface area contributed by atoms with Crippen molar-refractivity contribution in [2.45, 2.75) is 20.8 Å². The molecule has 0 aromatic rings. The van der Waals surface area contributed by atoms with Crippen molar-refractivity contribution in [3.05, 3.63) is 10.6 Å². The number of amides is 1. The number of hydrogen-bond acceptors (Lipinski definition) is 5. The fraction of sp³-hybridized carbons (Fsp3) is 0.615. The quantitative estimate of drug-likeness (QED) is 0.717. The van der Waals surface area contributed by atoms with Gasteiger partial charge in [-0.25, -0.2) is 4.79 Å². The van der Waals surface area contributed by atoms with Crippen molar-refractivity contribution < 1.29 is 14.3 Å². The monoisotopic (exact) mass is 280 g/mol. The molecule has 1 amide bonds. The van der Waals surface area contributed by atoms with Crippen molar-refractivity contribution in [3.8, 4) is 6.07 Å². The van der Waals surface area contributed by atoms with Gasteiger partial charge >= 0.3 is 5.97 Å². The van der Waals surface area contributed by atoms with Crippen LogP contribution in [0, 0.1) is 22.7 Å². The first-order chi connectivity index (χ1) is 8.95. The number of ether oxygens (including phenoxy) is 1. The number of thioether (sulfide) groups is 1. The van der Waals surface area contributed by atoms with Crippen molar-refractivity contribution in [1.29, 1.82) is 5.26 Å². The van der Waals surface area contributed by atoms with Crippen LogP contribution >= 0.6 is 11.8 Å². The van der Waals surface area contributed by atoms with Gasteiger partial charge in [0, 0.05) is 17.7 Å². The van der Waals surface area contributed by atoms with Gasteiger partial charge in [-0.3, -0.25) is 4.79 Å². The Kier molecular flexibility index (Phi) is 3.59. The highest BCUT2D eigenvalue weighted by atomic mass is 32.2. The predicted octanol–water partition coefficient (Wildman–Crippen LogP) is 1.52. The maximum Gasteiger partial charge on any atom is 0.337 e. The Morgan fingerprint density at radius 2 is 2.32 bits per heavy atom. The van der Waals surface area contributed by atoms with Crippen LogP contribution in [-0.2, 0) is 14.3 Å². The molecule has 0 aliphatic carbocycles. The van der Waals surface area contributed by atoms with Gasteiger partial charge in [0.05, 0.1) is 23.3 Å². The molecule has 6 heteroatoms. The minimum atomic E-state index is -0.839. The van der Waals surface area contributed by atoms with Crippen LogP contribution in [0.4, 0.5) is 0 Å². The Balaban J connectivity index is 2.57. The summed E-state index contributed by atoms with van der Waals surface area (Å²) in [4.78, 5) is 26.0. The van der Waals surface area contributed by atoms with Gasteiger partial charge in [-0.15, -0.1) is 11.8 Å². The lowest BCUT2D eigenvalue weighted by molar-refractivity contribution is -0.142. The van der Waals surface area contributed by atoms with Crippen LogP contribution in [0.25, 0.3) is 0 Å². The minimum absolute atomic E-state index is 0.208. The van der Waals surface area contributed by atoms with Crippen molar-refractivity contribution in [2.24, 2.45) is 11.3 Å². The summed E-state index contributed by atoms with van der Waals surface area (Å²) < 4.78 is 5.10. The second-order valence-electron chi connectivity index (χ2n) is 5.02. The number of hydrogen-bond donors (Lipinski definition) is 0. The summed E-state index contributed by atoms with van der Waals surface area (Å²) in [6.45, 7) is 6.09. The average Bonchev–Trinajstić information content (AvgIpc) is 2.77. The number of esters is 1. The first-order valence-corrected chi connectivity index (χ1v) is 7.19. The fourth-order valence-corrected chi connectivity index (χ4v) is 3.78. The van der Waals surface area contributed by atoms with E-state index in [4.69, 9.17) is 4.74 Å². The molecule has 1 saturated heterocycles. The topological polar surface area (TPSA) is 70.4 Å². The fourth-order valence-electron chi connectivity index (χ4n) is 2.49. The van der Waals surface area contributed by atoms with E-state index in [1.165, 1.54) is 11.8 Å². The summed E-state index contributed by atoms with van der Waals surface area (Å²) in [7, 11) is 0. The van der Waals surface area contributed by atoms with E-state index in [0.717, 1.165) is 5.75 Å². The molecule has 0 aromatic carbocycles. The smallest absolute Gasteiger partial charge is 0.337 e. The van der Waals surface area contributed by atoms with Crippen molar-refractivity contribution in [2.75, 3.05) is 18.9 Å². The number of fused-ring (bicyclic) bond motifs is 1. The maximum atomic E-state index is 12.3. The summed E-state index contributed by atoms with van der Waals surface area (Å²) in [6.07, 6.45) is 0. The Hall–Kier alpha value is -1.48. The molecular weight excluding hydrogens is 264 g/mol. The third-order valence-electron chi connectivity index (χ3n) is 3.50. The molecule has 2 heterocycles. The third kappa shape index (κ3) is 2.02. The minimum Gasteiger partial charge on any atom is -0.463 e. The molecule has 5 nitrogen and oxygen atoms in total. The summed E-state index contributed by atoms with van der Waals surface area (Å²) in [5.41, 5.74) is -0.357. The van der Waals surface area contributed by atoms with Crippen LogP contribution in [0.15, 0.2) is 10.6 Å². The Labute approximate surface area is 116 Å². The number of nitrogens with zero attached hydrogens (tertiary/aromatic N) is 2. The highest BCUT2D eigenvalue weighted by molar-refractivity contribution is 8.03. The third-order valence-corrected chi connectivity index (χ3v) is 4.58. The highest BCUT2D eigenvalue weighted by Gasteiger charge is 2.51. The van der Waals surface area contributed by atoms with E-state index < -0.39 is 17.3 Å². The second kappa shape index (κ2) is 4.89. The summed E-state index contributed by atoms with van der Waals surface area (Å²) in [5, 5.41) is 9.93. The summed E-state index contributed by atoms with van der Waals surface area (Å²) in [6, 6.07) is 2.04. The lowest BCUT2D eigenvalue weighted by Crippen LogP contribution is -2.47. The molecule has 0 spiro atoms. The normalized spacial score (nSPS) is 25.1. The van der Waals surface area contributed by atoms with Gasteiger partial charge in [0.25, 0.3) is 0 Å².